The molecule has 4 rings (SSSR count). The first-order chi connectivity index (χ1) is 15.0. The highest BCUT2D eigenvalue weighted by atomic mass is 19.1. The van der Waals surface area contributed by atoms with E-state index in [1.165, 1.54) is 25.0 Å². The lowest BCUT2D eigenvalue weighted by Crippen LogP contribution is -2.37. The molecule has 1 aromatic carbocycles. The molecule has 1 N–H and O–H groups in total. The third kappa shape index (κ3) is 4.47. The van der Waals surface area contributed by atoms with Gasteiger partial charge in [0.1, 0.15) is 11.5 Å². The van der Waals surface area contributed by atoms with Crippen molar-refractivity contribution in [2.75, 3.05) is 37.6 Å². The molecule has 2 amide bonds. The van der Waals surface area contributed by atoms with Crippen LogP contribution in [0.1, 0.15) is 56.4 Å². The van der Waals surface area contributed by atoms with Gasteiger partial charge in [-0.3, -0.25) is 9.59 Å². The number of fused-ring (bicyclic) bond motifs is 1. The van der Waals surface area contributed by atoms with Gasteiger partial charge in [0.05, 0.1) is 11.2 Å². The van der Waals surface area contributed by atoms with Crippen molar-refractivity contribution in [2.45, 2.75) is 52.5 Å². The van der Waals surface area contributed by atoms with Gasteiger partial charge in [0.15, 0.2) is 0 Å². The molecule has 0 bridgehead atoms. The van der Waals surface area contributed by atoms with E-state index in [4.69, 9.17) is 0 Å². The molecule has 3 heterocycles. The third-order valence-corrected chi connectivity index (χ3v) is 6.55. The molecular weight excluding hydrogens is 395 g/mol. The minimum atomic E-state index is -0.364. The highest BCUT2D eigenvalue weighted by Crippen LogP contribution is 2.37. The Labute approximate surface area is 183 Å². The molecule has 7 heteroatoms. The molecule has 0 aliphatic carbocycles. The monoisotopic (exact) mass is 428 g/mol. The number of nitrogens with one attached hydrogen (secondary N) is 1. The second-order valence-electron chi connectivity index (χ2n) is 8.91. The van der Waals surface area contributed by atoms with Gasteiger partial charge in [0.25, 0.3) is 5.91 Å². The fourth-order valence-corrected chi connectivity index (χ4v) is 5.10. The van der Waals surface area contributed by atoms with Crippen molar-refractivity contribution in [3.8, 4) is 0 Å². The van der Waals surface area contributed by atoms with Gasteiger partial charge in [0.2, 0.25) is 5.91 Å². The van der Waals surface area contributed by atoms with E-state index in [0.29, 0.717) is 42.8 Å². The molecular formula is C24H33FN4O2. The molecule has 31 heavy (non-hydrogen) atoms. The third-order valence-electron chi connectivity index (χ3n) is 6.55. The maximum absolute atomic E-state index is 14.1. The lowest BCUT2D eigenvalue weighted by Gasteiger charge is -2.30. The van der Waals surface area contributed by atoms with Crippen LogP contribution in [0, 0.1) is 11.7 Å². The highest BCUT2D eigenvalue weighted by Gasteiger charge is 2.31. The van der Waals surface area contributed by atoms with E-state index in [-0.39, 0.29) is 17.6 Å². The molecule has 0 radical (unpaired) electrons. The predicted molar refractivity (Wildman–Crippen MR) is 121 cm³/mol. The summed E-state index contributed by atoms with van der Waals surface area (Å²) < 4.78 is 16.0. The van der Waals surface area contributed by atoms with Crippen LogP contribution in [0.3, 0.4) is 0 Å². The minimum absolute atomic E-state index is 0.00678. The van der Waals surface area contributed by atoms with E-state index < -0.39 is 0 Å². The molecule has 2 aromatic rings. The number of carbonyl (C=O) groups excluding carboxylic acids is 2. The average Bonchev–Trinajstić information content (AvgIpc) is 3.30. The molecule has 1 aromatic heterocycles. The minimum Gasteiger partial charge on any atom is -0.351 e. The largest absolute Gasteiger partial charge is 0.351 e. The Morgan fingerprint density at radius 3 is 2.81 bits per heavy atom. The van der Waals surface area contributed by atoms with Crippen molar-refractivity contribution >= 4 is 28.4 Å². The van der Waals surface area contributed by atoms with Gasteiger partial charge < -0.3 is 19.7 Å². The number of likely N-dealkylation sites (tertiary alicyclic amines) is 1. The van der Waals surface area contributed by atoms with Crippen LogP contribution in [-0.4, -0.2) is 54.0 Å². The number of aromatic nitrogens is 1. The molecule has 2 aliphatic heterocycles. The van der Waals surface area contributed by atoms with Crippen LogP contribution >= 0.6 is 0 Å². The standard InChI is InChI=1S/C24H33FN4O2/c1-3-28-20-10-9-18(25)15-19(20)22(29-14-5-8-21(29)30)23(28)24(31)26-11-6-13-27-12-4-7-17(2)16-27/h9-10,15,17H,3-8,11-14,16H2,1-2H3,(H,26,31). The van der Waals surface area contributed by atoms with Crippen molar-refractivity contribution in [3.63, 3.8) is 0 Å². The second kappa shape index (κ2) is 9.39. The maximum Gasteiger partial charge on any atom is 0.270 e. The van der Waals surface area contributed by atoms with Gasteiger partial charge in [-0.15, -0.1) is 0 Å². The molecule has 2 fully saturated rings. The van der Waals surface area contributed by atoms with Crippen LogP contribution < -0.4 is 10.2 Å². The topological polar surface area (TPSA) is 57.6 Å². The van der Waals surface area contributed by atoms with Crippen LogP contribution in [0.15, 0.2) is 18.2 Å². The van der Waals surface area contributed by atoms with Crippen molar-refractivity contribution in [1.82, 2.24) is 14.8 Å². The quantitative estimate of drug-likeness (QED) is 0.683. The SMILES string of the molecule is CCn1c(C(=O)NCCCN2CCCC(C)C2)c(N2CCCC2=O)c2cc(F)ccc21. The van der Waals surface area contributed by atoms with E-state index in [0.717, 1.165) is 43.9 Å². The van der Waals surface area contributed by atoms with E-state index in [1.807, 2.05) is 11.5 Å². The lowest BCUT2D eigenvalue weighted by molar-refractivity contribution is -0.117. The van der Waals surface area contributed by atoms with E-state index in [2.05, 4.69) is 17.1 Å². The summed E-state index contributed by atoms with van der Waals surface area (Å²) in [6, 6.07) is 4.55. The first kappa shape index (κ1) is 21.8. The first-order valence-corrected chi connectivity index (χ1v) is 11.6. The number of anilines is 1. The van der Waals surface area contributed by atoms with Gasteiger partial charge in [0, 0.05) is 38.0 Å². The van der Waals surface area contributed by atoms with Crippen molar-refractivity contribution in [3.05, 3.63) is 29.7 Å². The average molecular weight is 429 g/mol. The number of carbonyl (C=O) groups is 2. The summed E-state index contributed by atoms with van der Waals surface area (Å²) in [5, 5.41) is 3.69. The Morgan fingerprint density at radius 1 is 1.26 bits per heavy atom. The molecule has 0 spiro atoms. The fourth-order valence-electron chi connectivity index (χ4n) is 5.10. The van der Waals surface area contributed by atoms with Gasteiger partial charge >= 0.3 is 0 Å². The van der Waals surface area contributed by atoms with Crippen LogP contribution in [0.2, 0.25) is 0 Å². The van der Waals surface area contributed by atoms with E-state index >= 15 is 0 Å². The van der Waals surface area contributed by atoms with E-state index in [1.54, 1.807) is 11.0 Å². The Bertz CT molecular complexity index is 970. The summed E-state index contributed by atoms with van der Waals surface area (Å²) in [4.78, 5) is 29.9. The molecule has 6 nitrogen and oxygen atoms in total. The van der Waals surface area contributed by atoms with Crippen molar-refractivity contribution < 1.29 is 14.0 Å². The van der Waals surface area contributed by atoms with Gasteiger partial charge in [-0.05, 0) is 69.8 Å². The zero-order valence-corrected chi connectivity index (χ0v) is 18.6. The molecule has 2 saturated heterocycles. The molecule has 0 saturated carbocycles. The number of piperidine rings is 1. The number of amides is 2. The van der Waals surface area contributed by atoms with Gasteiger partial charge in [-0.1, -0.05) is 6.92 Å². The highest BCUT2D eigenvalue weighted by molar-refractivity contribution is 6.14. The smallest absolute Gasteiger partial charge is 0.270 e. The molecule has 2 aliphatic rings. The van der Waals surface area contributed by atoms with E-state index in [9.17, 15) is 14.0 Å². The number of nitrogens with zero attached hydrogens (tertiary/aromatic N) is 3. The van der Waals surface area contributed by atoms with Crippen LogP contribution in [-0.2, 0) is 11.3 Å². The van der Waals surface area contributed by atoms with Gasteiger partial charge in [-0.25, -0.2) is 4.39 Å². The lowest BCUT2D eigenvalue weighted by atomic mass is 10.0. The number of halogens is 1. The number of aryl methyl sites for hydroxylation is 1. The first-order valence-electron chi connectivity index (χ1n) is 11.6. The summed E-state index contributed by atoms with van der Waals surface area (Å²) in [6.07, 6.45) is 4.64. The number of benzene rings is 1. The Hall–Kier alpha value is -2.41. The predicted octanol–water partition coefficient (Wildman–Crippen LogP) is 3.78. The zero-order valence-electron chi connectivity index (χ0n) is 18.6. The van der Waals surface area contributed by atoms with Crippen LogP contribution in [0.5, 0.6) is 0 Å². The second-order valence-corrected chi connectivity index (χ2v) is 8.91. The zero-order chi connectivity index (χ0) is 22.0. The number of hydrogen-bond acceptors (Lipinski definition) is 3. The summed E-state index contributed by atoms with van der Waals surface area (Å²) in [7, 11) is 0. The Kier molecular flexibility index (Phi) is 6.60. The summed E-state index contributed by atoms with van der Waals surface area (Å²) >= 11 is 0. The van der Waals surface area contributed by atoms with Crippen molar-refractivity contribution in [2.24, 2.45) is 5.92 Å². The molecule has 1 unspecified atom stereocenters. The summed E-state index contributed by atoms with van der Waals surface area (Å²) in [5.74, 6) is 0.175. The summed E-state index contributed by atoms with van der Waals surface area (Å²) in [6.45, 7) is 9.21. The van der Waals surface area contributed by atoms with Crippen molar-refractivity contribution in [1.29, 1.82) is 0 Å². The number of rotatable bonds is 7. The Morgan fingerprint density at radius 2 is 2.10 bits per heavy atom. The van der Waals surface area contributed by atoms with Gasteiger partial charge in [-0.2, -0.15) is 0 Å². The normalized spacial score (nSPS) is 20.0. The van der Waals surface area contributed by atoms with Crippen LogP contribution in [0.4, 0.5) is 10.1 Å². The summed E-state index contributed by atoms with van der Waals surface area (Å²) in [5.41, 5.74) is 1.80. The number of hydrogen-bond donors (Lipinski definition) is 1. The Balaban J connectivity index is 1.55. The van der Waals surface area contributed by atoms with Crippen LogP contribution in [0.25, 0.3) is 10.9 Å². The fraction of sp³-hybridized carbons (Fsp3) is 0.583. The molecule has 1 atom stereocenters. The molecule has 168 valence electrons. The maximum atomic E-state index is 14.1.